The molecule has 1 unspecified atom stereocenters. The maximum absolute atomic E-state index is 13.7. The van der Waals surface area contributed by atoms with Gasteiger partial charge in [-0.1, -0.05) is 12.5 Å². The smallest absolute Gasteiger partial charge is 0.338 e. The van der Waals surface area contributed by atoms with Gasteiger partial charge in [-0.2, -0.15) is 5.10 Å². The van der Waals surface area contributed by atoms with Crippen LogP contribution in [0.25, 0.3) is 0 Å². The molecule has 0 saturated carbocycles. The summed E-state index contributed by atoms with van der Waals surface area (Å²) in [4.78, 5) is 17.9. The molecule has 176 valence electrons. The minimum absolute atomic E-state index is 0.0133. The summed E-state index contributed by atoms with van der Waals surface area (Å²) in [5.41, 5.74) is 9.09. The number of anilines is 1. The lowest BCUT2D eigenvalue weighted by Crippen LogP contribution is -2.60. The number of rotatable bonds is 4. The molecule has 10 heteroatoms. The van der Waals surface area contributed by atoms with Crippen molar-refractivity contribution in [1.29, 1.82) is 0 Å². The van der Waals surface area contributed by atoms with E-state index >= 15 is 0 Å². The van der Waals surface area contributed by atoms with Crippen molar-refractivity contribution in [2.45, 2.75) is 75.8 Å². The number of esters is 1. The van der Waals surface area contributed by atoms with Crippen LogP contribution < -0.4 is 11.2 Å². The van der Waals surface area contributed by atoms with Crippen LogP contribution in [0.15, 0.2) is 28.3 Å². The van der Waals surface area contributed by atoms with E-state index in [1.807, 2.05) is 12.1 Å². The fourth-order valence-electron chi connectivity index (χ4n) is 4.50. The maximum Gasteiger partial charge on any atom is 0.338 e. The highest BCUT2D eigenvalue weighted by atomic mass is 32.2. The molecule has 0 bridgehead atoms. The molecule has 0 saturated heterocycles. The van der Waals surface area contributed by atoms with Crippen LogP contribution >= 0.6 is 0 Å². The lowest BCUT2D eigenvalue weighted by atomic mass is 9.79. The average molecular weight is 464 g/mol. The molecule has 3 atom stereocenters. The number of amidine groups is 1. The molecule has 1 aromatic carbocycles. The Labute approximate surface area is 190 Å². The Morgan fingerprint density at radius 1 is 1.41 bits per heavy atom. The number of hydrogen-bond donors (Lipinski definition) is 2. The topological polar surface area (TPSA) is 126 Å². The minimum atomic E-state index is -3.85. The molecule has 9 nitrogen and oxygen atoms in total. The fraction of sp³-hybridized carbons (Fsp3) is 0.591. The van der Waals surface area contributed by atoms with Gasteiger partial charge in [-0.25, -0.2) is 13.2 Å². The normalized spacial score (nSPS) is 25.8. The summed E-state index contributed by atoms with van der Waals surface area (Å²) in [7, 11) is -2.44. The highest BCUT2D eigenvalue weighted by Gasteiger charge is 2.53. The van der Waals surface area contributed by atoms with Crippen molar-refractivity contribution in [3.8, 4) is 0 Å². The number of aryl methyl sites for hydroxylation is 1. The predicted molar refractivity (Wildman–Crippen MR) is 126 cm³/mol. The predicted octanol–water partition coefficient (Wildman–Crippen LogP) is 2.17. The first-order valence-electron chi connectivity index (χ1n) is 10.7. The summed E-state index contributed by atoms with van der Waals surface area (Å²) in [5.74, 6) is -0.675. The molecule has 0 radical (unpaired) electrons. The van der Waals surface area contributed by atoms with Crippen molar-refractivity contribution >= 4 is 34.2 Å². The van der Waals surface area contributed by atoms with Crippen molar-refractivity contribution in [3.05, 3.63) is 29.3 Å². The summed E-state index contributed by atoms with van der Waals surface area (Å²) < 4.78 is 34.0. The summed E-state index contributed by atoms with van der Waals surface area (Å²) >= 11 is 0. The number of ether oxygens (including phenoxy) is 1. The van der Waals surface area contributed by atoms with Gasteiger partial charge >= 0.3 is 5.97 Å². The molecule has 1 heterocycles. The number of nitrogens with one attached hydrogen (secondary N) is 1. The Bertz CT molecular complexity index is 1050. The lowest BCUT2D eigenvalue weighted by Gasteiger charge is -2.45. The molecule has 1 aromatic rings. The first-order valence-corrected chi connectivity index (χ1v) is 12.2. The van der Waals surface area contributed by atoms with E-state index in [-0.39, 0.29) is 5.84 Å². The average Bonchev–Trinajstić information content (AvgIpc) is 2.67. The van der Waals surface area contributed by atoms with Crippen LogP contribution in [0.4, 0.5) is 5.69 Å². The van der Waals surface area contributed by atoms with E-state index in [0.717, 1.165) is 34.7 Å². The number of hydrogen-bond acceptors (Lipinski definition) is 8. The van der Waals surface area contributed by atoms with E-state index < -0.39 is 38.4 Å². The number of nitrogen functional groups attached to an aromatic ring is 1. The van der Waals surface area contributed by atoms with Crippen molar-refractivity contribution in [1.82, 2.24) is 9.73 Å². The number of carbonyl (C=O) groups excluding carboxylic acids is 1. The van der Waals surface area contributed by atoms with E-state index in [1.165, 1.54) is 7.05 Å². The second kappa shape index (κ2) is 8.38. The van der Waals surface area contributed by atoms with E-state index in [4.69, 9.17) is 15.5 Å². The second-order valence-corrected chi connectivity index (χ2v) is 11.7. The number of aliphatic imine (C=N–C) groups is 1. The van der Waals surface area contributed by atoms with Crippen LogP contribution in [-0.2, 0) is 31.5 Å². The minimum Gasteiger partial charge on any atom is -0.458 e. The van der Waals surface area contributed by atoms with Crippen molar-refractivity contribution in [3.63, 3.8) is 0 Å². The highest BCUT2D eigenvalue weighted by molar-refractivity contribution is 7.90. The van der Waals surface area contributed by atoms with Crippen LogP contribution in [0.2, 0.25) is 0 Å². The van der Waals surface area contributed by atoms with E-state index in [0.29, 0.717) is 12.1 Å². The number of hydrazone groups is 1. The molecule has 0 fully saturated rings. The molecule has 0 aromatic heterocycles. The third-order valence-electron chi connectivity index (χ3n) is 6.00. The molecule has 1 aliphatic carbocycles. The number of fused-ring (bicyclic) bond motifs is 3. The first-order chi connectivity index (χ1) is 14.8. The molecular formula is C22H33N5O4S. The van der Waals surface area contributed by atoms with Gasteiger partial charge in [0.25, 0.3) is 0 Å². The van der Waals surface area contributed by atoms with Gasteiger partial charge in [0, 0.05) is 19.5 Å². The largest absolute Gasteiger partial charge is 0.458 e. The molecule has 0 spiro atoms. The van der Waals surface area contributed by atoms with Crippen LogP contribution in [0.5, 0.6) is 0 Å². The Hall–Kier alpha value is -2.62. The third kappa shape index (κ3) is 4.32. The van der Waals surface area contributed by atoms with Crippen LogP contribution in [0.1, 0.15) is 58.1 Å². The van der Waals surface area contributed by atoms with Crippen molar-refractivity contribution in [2.75, 3.05) is 12.8 Å². The Morgan fingerprint density at radius 2 is 2.09 bits per heavy atom. The number of nitrogens with zero attached hydrogens (tertiary/aromatic N) is 3. The zero-order chi connectivity index (χ0) is 23.9. The Morgan fingerprint density at radius 3 is 2.72 bits per heavy atom. The van der Waals surface area contributed by atoms with Gasteiger partial charge in [-0.15, -0.1) is 0 Å². The molecule has 0 amide bonds. The van der Waals surface area contributed by atoms with E-state index in [9.17, 15) is 13.2 Å². The van der Waals surface area contributed by atoms with Crippen LogP contribution in [0, 0.1) is 0 Å². The van der Waals surface area contributed by atoms with E-state index in [2.05, 4.69) is 17.2 Å². The number of sulfonamides is 1. The first kappa shape index (κ1) is 24.0. The van der Waals surface area contributed by atoms with Crippen LogP contribution in [-0.4, -0.2) is 55.2 Å². The summed E-state index contributed by atoms with van der Waals surface area (Å²) in [5, 5.41) is 2.85. The quantitative estimate of drug-likeness (QED) is 0.305. The summed E-state index contributed by atoms with van der Waals surface area (Å²) in [6.07, 6.45) is 2.89. The van der Waals surface area contributed by atoms with Gasteiger partial charge in [-0.3, -0.25) is 14.7 Å². The van der Waals surface area contributed by atoms with Crippen LogP contribution in [0.3, 0.4) is 0 Å². The second-order valence-electron chi connectivity index (χ2n) is 9.53. The molecule has 1 aliphatic heterocycles. The van der Waals surface area contributed by atoms with Gasteiger partial charge in [-0.05, 0) is 70.2 Å². The number of likely N-dealkylation sites (N-methyl/N-ethyl adjacent to an activating group) is 1. The SMILES string of the molecule is C=NNC(C(=O)OC(C)(C)C)C1=N[C@]2(C)c3cc(N)ccc3CCCC[C@@H]2S(=O)(=O)N1C. The third-order valence-corrected chi connectivity index (χ3v) is 8.36. The number of carbonyl (C=O) groups is 1. The summed E-state index contributed by atoms with van der Waals surface area (Å²) in [6.45, 7) is 10.4. The van der Waals surface area contributed by atoms with Crippen molar-refractivity contribution < 1.29 is 17.9 Å². The zero-order valence-corrected chi connectivity index (χ0v) is 20.2. The molecule has 32 heavy (non-hydrogen) atoms. The Balaban J connectivity index is 2.25. The standard InChI is InChI=1S/C22H33N5O4S/c1-21(2,3)31-20(28)18(26-24-5)19-25-22(4)16-13-15(23)12-11-14(16)9-7-8-10-17(22)32(29,30)27(19)6/h11-13,17-18,26H,5,7-10,23H2,1-4,6H3/t17-,18?,22+/m0/s1. The van der Waals surface area contributed by atoms with Gasteiger partial charge in [0.1, 0.15) is 22.2 Å². The van der Waals surface area contributed by atoms with Gasteiger partial charge < -0.3 is 10.5 Å². The number of benzene rings is 1. The molecular weight excluding hydrogens is 430 g/mol. The highest BCUT2D eigenvalue weighted by Crippen LogP contribution is 2.44. The van der Waals surface area contributed by atoms with Crippen molar-refractivity contribution in [2.24, 2.45) is 10.1 Å². The van der Waals surface area contributed by atoms with E-state index in [1.54, 1.807) is 33.8 Å². The van der Waals surface area contributed by atoms with Gasteiger partial charge in [0.05, 0.1) is 0 Å². The maximum atomic E-state index is 13.7. The Kier molecular flexibility index (Phi) is 6.29. The van der Waals surface area contributed by atoms with Gasteiger partial charge in [0.2, 0.25) is 10.0 Å². The molecule has 2 aliphatic rings. The monoisotopic (exact) mass is 463 g/mol. The number of nitrogens with two attached hydrogens (primary N) is 1. The van der Waals surface area contributed by atoms with Gasteiger partial charge in [0.15, 0.2) is 6.04 Å². The molecule has 3 N–H and O–H groups in total. The zero-order valence-electron chi connectivity index (χ0n) is 19.4. The molecule has 3 rings (SSSR count). The fourth-order valence-corrected chi connectivity index (χ4v) is 6.51. The summed E-state index contributed by atoms with van der Waals surface area (Å²) in [6, 6.07) is 4.32. The lowest BCUT2D eigenvalue weighted by molar-refractivity contribution is -0.155.